The fourth-order valence-corrected chi connectivity index (χ4v) is 3.39. The van der Waals surface area contributed by atoms with Gasteiger partial charge in [-0.3, -0.25) is 19.0 Å². The second-order valence-corrected chi connectivity index (χ2v) is 7.51. The maximum atomic E-state index is 13.1. The molecule has 3 heterocycles. The fraction of sp³-hybridized carbons (Fsp3) is 0.238. The molecule has 7 nitrogen and oxygen atoms in total. The van der Waals surface area contributed by atoms with Gasteiger partial charge in [0.15, 0.2) is 0 Å². The number of nitrogens with one attached hydrogen (secondary N) is 1. The minimum Gasteiger partial charge on any atom is -0.348 e. The number of pyridine rings is 2. The highest BCUT2D eigenvalue weighted by Crippen LogP contribution is 2.15. The number of amides is 2. The highest BCUT2D eigenvalue weighted by Gasteiger charge is 2.31. The Labute approximate surface area is 176 Å². The maximum absolute atomic E-state index is 13.1. The molecule has 2 aromatic heterocycles. The van der Waals surface area contributed by atoms with Crippen LogP contribution in [0.2, 0.25) is 5.02 Å². The minimum absolute atomic E-state index is 0.0141. The van der Waals surface area contributed by atoms with Crippen LogP contribution in [-0.4, -0.2) is 45.5 Å². The molecule has 1 N–H and O–H groups in total. The second kappa shape index (κ2) is 8.23. The van der Waals surface area contributed by atoms with Crippen molar-refractivity contribution in [2.45, 2.75) is 19.3 Å². The number of nitrogens with zero attached hydrogens (tertiary/aromatic N) is 3. The number of alkyl halides is 1. The summed E-state index contributed by atoms with van der Waals surface area (Å²) in [5.41, 5.74) is 0.399. The van der Waals surface area contributed by atoms with E-state index in [4.69, 9.17) is 11.6 Å². The Kier molecular flexibility index (Phi) is 5.50. The Balaban J connectivity index is 1.62. The third kappa shape index (κ3) is 4.04. The van der Waals surface area contributed by atoms with Crippen LogP contribution in [0.5, 0.6) is 0 Å². The maximum Gasteiger partial charge on any atom is 0.265 e. The van der Waals surface area contributed by atoms with Gasteiger partial charge < -0.3 is 10.2 Å². The summed E-state index contributed by atoms with van der Waals surface area (Å²) in [5, 5.41) is 3.84. The molecule has 9 heteroatoms. The largest absolute Gasteiger partial charge is 0.348 e. The van der Waals surface area contributed by atoms with Crippen molar-refractivity contribution in [2.24, 2.45) is 0 Å². The van der Waals surface area contributed by atoms with Gasteiger partial charge in [0.2, 0.25) is 5.91 Å². The Morgan fingerprint density at radius 3 is 2.63 bits per heavy atom. The molecule has 0 bridgehead atoms. The lowest BCUT2D eigenvalue weighted by Gasteiger charge is -2.34. The molecular formula is C21H18ClFN4O3. The number of benzene rings is 1. The van der Waals surface area contributed by atoms with Crippen LogP contribution in [0.25, 0.3) is 11.0 Å². The first-order chi connectivity index (χ1) is 14.4. The highest BCUT2D eigenvalue weighted by atomic mass is 35.5. The summed E-state index contributed by atoms with van der Waals surface area (Å²) in [4.78, 5) is 43.7. The Bertz CT molecular complexity index is 1170. The van der Waals surface area contributed by atoms with Gasteiger partial charge in [0.25, 0.3) is 11.5 Å². The van der Waals surface area contributed by atoms with Crippen molar-refractivity contribution in [3.05, 3.63) is 75.2 Å². The lowest BCUT2D eigenvalue weighted by atomic mass is 10.1. The van der Waals surface area contributed by atoms with Gasteiger partial charge in [-0.2, -0.15) is 0 Å². The van der Waals surface area contributed by atoms with Gasteiger partial charge >= 0.3 is 0 Å². The first-order valence-corrected chi connectivity index (χ1v) is 9.73. The average molecular weight is 429 g/mol. The van der Waals surface area contributed by atoms with Crippen LogP contribution in [0, 0.1) is 0 Å². The van der Waals surface area contributed by atoms with E-state index in [0.29, 0.717) is 16.1 Å². The Morgan fingerprint density at radius 1 is 1.20 bits per heavy atom. The minimum atomic E-state index is -1.04. The van der Waals surface area contributed by atoms with Crippen LogP contribution in [0.3, 0.4) is 0 Å². The van der Waals surface area contributed by atoms with E-state index in [-0.39, 0.29) is 31.7 Å². The first-order valence-electron chi connectivity index (χ1n) is 9.35. The summed E-state index contributed by atoms with van der Waals surface area (Å²) in [6, 6.07) is 11.8. The molecule has 0 atom stereocenters. The van der Waals surface area contributed by atoms with Crippen molar-refractivity contribution < 1.29 is 14.0 Å². The van der Waals surface area contributed by atoms with Crippen molar-refractivity contribution in [2.75, 3.05) is 13.1 Å². The van der Waals surface area contributed by atoms with Crippen LogP contribution in [0.1, 0.15) is 15.9 Å². The molecule has 1 aliphatic rings. The predicted octanol–water partition coefficient (Wildman–Crippen LogP) is 2.16. The van der Waals surface area contributed by atoms with Crippen molar-refractivity contribution in [3.8, 4) is 0 Å². The SMILES string of the molecule is O=C(NCc1ccc(Cl)cc1)c1cc2cccnc2n(CC(=O)N2CC(F)C2)c1=O. The van der Waals surface area contributed by atoms with E-state index in [1.54, 1.807) is 36.4 Å². The van der Waals surface area contributed by atoms with Gasteiger partial charge in [-0.05, 0) is 35.9 Å². The number of likely N-dealkylation sites (tertiary alicyclic amines) is 1. The third-order valence-corrected chi connectivity index (χ3v) is 5.19. The number of carbonyl (C=O) groups is 2. The lowest BCUT2D eigenvalue weighted by molar-refractivity contribution is -0.138. The van der Waals surface area contributed by atoms with Gasteiger partial charge in [0, 0.05) is 23.2 Å². The summed E-state index contributed by atoms with van der Waals surface area (Å²) < 4.78 is 14.2. The van der Waals surface area contributed by atoms with Gasteiger partial charge in [-0.25, -0.2) is 9.37 Å². The fourth-order valence-electron chi connectivity index (χ4n) is 3.26. The van der Waals surface area contributed by atoms with E-state index in [9.17, 15) is 18.8 Å². The van der Waals surface area contributed by atoms with Crippen LogP contribution < -0.4 is 10.9 Å². The number of hydrogen-bond donors (Lipinski definition) is 1. The van der Waals surface area contributed by atoms with E-state index >= 15 is 0 Å². The number of hydrogen-bond acceptors (Lipinski definition) is 4. The number of rotatable bonds is 5. The third-order valence-electron chi connectivity index (χ3n) is 4.94. The molecule has 2 amide bonds. The van der Waals surface area contributed by atoms with Gasteiger partial charge in [0.05, 0.1) is 13.1 Å². The van der Waals surface area contributed by atoms with Crippen molar-refractivity contribution >= 4 is 34.4 Å². The summed E-state index contributed by atoms with van der Waals surface area (Å²) in [5.74, 6) is -0.952. The van der Waals surface area contributed by atoms with Crippen molar-refractivity contribution in [3.63, 3.8) is 0 Å². The molecule has 1 fully saturated rings. The first kappa shape index (κ1) is 20.0. The number of carbonyl (C=O) groups excluding carboxylic acids is 2. The van der Waals surface area contributed by atoms with E-state index in [0.717, 1.165) is 5.56 Å². The van der Waals surface area contributed by atoms with Crippen LogP contribution in [0.4, 0.5) is 4.39 Å². The van der Waals surface area contributed by atoms with Crippen LogP contribution >= 0.6 is 11.6 Å². The molecule has 0 spiro atoms. The van der Waals surface area contributed by atoms with Crippen molar-refractivity contribution in [1.82, 2.24) is 19.8 Å². The summed E-state index contributed by atoms with van der Waals surface area (Å²) in [6.07, 6.45) is 0.468. The van der Waals surface area contributed by atoms with E-state index < -0.39 is 23.5 Å². The molecule has 4 rings (SSSR count). The summed E-state index contributed by atoms with van der Waals surface area (Å²) in [7, 11) is 0. The van der Waals surface area contributed by atoms with E-state index in [1.165, 1.54) is 21.7 Å². The molecule has 3 aromatic rings. The van der Waals surface area contributed by atoms with Gasteiger partial charge in [-0.15, -0.1) is 0 Å². The van der Waals surface area contributed by atoms with Crippen molar-refractivity contribution in [1.29, 1.82) is 0 Å². The Hall–Kier alpha value is -3.26. The van der Waals surface area contributed by atoms with Gasteiger partial charge in [-0.1, -0.05) is 23.7 Å². The zero-order valence-corrected chi connectivity index (χ0v) is 16.6. The van der Waals surface area contributed by atoms with E-state index in [1.807, 2.05) is 0 Å². The number of halogens is 2. The predicted molar refractivity (Wildman–Crippen MR) is 110 cm³/mol. The number of aromatic nitrogens is 2. The number of fused-ring (bicyclic) bond motifs is 1. The summed E-state index contributed by atoms with van der Waals surface area (Å²) >= 11 is 5.86. The molecule has 1 aromatic carbocycles. The monoisotopic (exact) mass is 428 g/mol. The lowest BCUT2D eigenvalue weighted by Crippen LogP contribution is -2.53. The molecule has 0 unspecified atom stereocenters. The van der Waals surface area contributed by atoms with Crippen LogP contribution in [0.15, 0.2) is 53.5 Å². The average Bonchev–Trinajstić information content (AvgIpc) is 2.72. The zero-order chi connectivity index (χ0) is 21.3. The van der Waals surface area contributed by atoms with E-state index in [2.05, 4.69) is 10.3 Å². The molecular weight excluding hydrogens is 411 g/mol. The second-order valence-electron chi connectivity index (χ2n) is 7.07. The standard InChI is InChI=1S/C21H18ClFN4O3/c22-15-5-3-13(4-6-15)9-25-20(29)17-8-14-2-1-7-24-19(14)27(21(17)30)12-18(28)26-10-16(23)11-26/h1-8,16H,9-12H2,(H,25,29). The molecule has 1 saturated heterocycles. The molecule has 154 valence electrons. The Morgan fingerprint density at radius 2 is 1.93 bits per heavy atom. The quantitative estimate of drug-likeness (QED) is 0.675. The topological polar surface area (TPSA) is 84.3 Å². The molecule has 0 aliphatic carbocycles. The normalized spacial score (nSPS) is 13.9. The van der Waals surface area contributed by atoms with Crippen LogP contribution in [-0.2, 0) is 17.9 Å². The zero-order valence-electron chi connectivity index (χ0n) is 15.8. The molecule has 0 radical (unpaired) electrons. The molecule has 0 saturated carbocycles. The smallest absolute Gasteiger partial charge is 0.265 e. The molecule has 30 heavy (non-hydrogen) atoms. The molecule has 1 aliphatic heterocycles. The highest BCUT2D eigenvalue weighted by molar-refractivity contribution is 6.30. The van der Waals surface area contributed by atoms with Gasteiger partial charge in [0.1, 0.15) is 23.9 Å². The summed E-state index contributed by atoms with van der Waals surface area (Å²) in [6.45, 7) is -0.0666.